The Morgan fingerprint density at radius 1 is 1.00 bits per heavy atom. The zero-order valence-corrected chi connectivity index (χ0v) is 16.0. The molecule has 0 amide bonds. The highest BCUT2D eigenvalue weighted by Gasteiger charge is 2.12. The Hall–Kier alpha value is -4.18. The molecule has 0 spiro atoms. The molecule has 0 bridgehead atoms. The molecule has 0 saturated carbocycles. The fourth-order valence-electron chi connectivity index (χ4n) is 2.82. The molecule has 7 nitrogen and oxygen atoms in total. The second-order valence-electron chi connectivity index (χ2n) is 6.44. The van der Waals surface area contributed by atoms with Crippen LogP contribution in [-0.2, 0) is 0 Å². The van der Waals surface area contributed by atoms with Gasteiger partial charge in [0.05, 0.1) is 12.3 Å². The van der Waals surface area contributed by atoms with Gasteiger partial charge in [-0.1, -0.05) is 18.2 Å². The van der Waals surface area contributed by atoms with E-state index in [4.69, 9.17) is 11.3 Å². The minimum Gasteiger partial charge on any atom is -0.439 e. The fraction of sp³-hybridized carbons (Fsp3) is 0.0909. The summed E-state index contributed by atoms with van der Waals surface area (Å²) in [5, 5.41) is 7.69. The van der Waals surface area contributed by atoms with E-state index in [1.165, 1.54) is 0 Å². The van der Waals surface area contributed by atoms with Crippen LogP contribution in [0.4, 0.5) is 17.2 Å². The van der Waals surface area contributed by atoms with Crippen molar-refractivity contribution >= 4 is 17.2 Å². The van der Waals surface area contributed by atoms with Crippen LogP contribution in [0.2, 0.25) is 0 Å². The maximum Gasteiger partial charge on any atom is 0.224 e. The second-order valence-corrected chi connectivity index (χ2v) is 6.44. The van der Waals surface area contributed by atoms with Gasteiger partial charge >= 0.3 is 0 Å². The number of ether oxygens (including phenoxy) is 1. The van der Waals surface area contributed by atoms with E-state index >= 15 is 0 Å². The average Bonchev–Trinajstić information content (AvgIpc) is 3.08. The Morgan fingerprint density at radius 2 is 1.86 bits per heavy atom. The first-order valence-corrected chi connectivity index (χ1v) is 9.00. The van der Waals surface area contributed by atoms with Crippen molar-refractivity contribution < 1.29 is 4.74 Å². The molecule has 29 heavy (non-hydrogen) atoms. The summed E-state index contributed by atoms with van der Waals surface area (Å²) < 4.78 is 7.76. The molecule has 0 atom stereocenters. The predicted molar refractivity (Wildman–Crippen MR) is 111 cm³/mol. The molecule has 7 heteroatoms. The zero-order valence-electron chi connectivity index (χ0n) is 16.0. The number of pyridine rings is 2. The molecular formula is C22H18N6O. The van der Waals surface area contributed by atoms with Crippen LogP contribution in [0.3, 0.4) is 0 Å². The molecule has 4 rings (SSSR count). The van der Waals surface area contributed by atoms with Gasteiger partial charge in [-0.05, 0) is 44.2 Å². The van der Waals surface area contributed by atoms with Crippen molar-refractivity contribution in [3.8, 4) is 17.4 Å². The van der Waals surface area contributed by atoms with E-state index in [0.29, 0.717) is 29.0 Å². The van der Waals surface area contributed by atoms with E-state index in [-0.39, 0.29) is 0 Å². The molecule has 3 heterocycles. The molecule has 1 N–H and O–H groups in total. The quantitative estimate of drug-likeness (QED) is 0.470. The van der Waals surface area contributed by atoms with Crippen molar-refractivity contribution in [2.75, 3.05) is 5.32 Å². The van der Waals surface area contributed by atoms with Gasteiger partial charge in [0, 0.05) is 29.7 Å². The van der Waals surface area contributed by atoms with Crippen molar-refractivity contribution in [2.45, 2.75) is 13.8 Å². The SMILES string of the molecule is [C-]#[N+]c1cccc(Nc2cc(Oc3cc(C)nn3-c3cccc(C)n3)ccn2)c1. The van der Waals surface area contributed by atoms with Crippen LogP contribution in [0.1, 0.15) is 11.4 Å². The highest BCUT2D eigenvalue weighted by Crippen LogP contribution is 2.27. The fourth-order valence-corrected chi connectivity index (χ4v) is 2.82. The molecule has 0 saturated heterocycles. The van der Waals surface area contributed by atoms with E-state index in [2.05, 4.69) is 25.2 Å². The topological polar surface area (TPSA) is 69.2 Å². The highest BCUT2D eigenvalue weighted by molar-refractivity contribution is 5.63. The summed E-state index contributed by atoms with van der Waals surface area (Å²) in [6, 6.07) is 18.4. The normalized spacial score (nSPS) is 10.4. The standard InChI is InChI=1S/C22H18N6O/c1-15-6-4-9-21(25-15)28-22(12-16(2)27-28)29-19-10-11-24-20(14-19)26-18-8-5-7-17(13-18)23-3/h4-14H,1-2H3,(H,24,26). The van der Waals surface area contributed by atoms with Gasteiger partial charge < -0.3 is 10.1 Å². The van der Waals surface area contributed by atoms with Gasteiger partial charge in [-0.3, -0.25) is 0 Å². The molecule has 1 aromatic carbocycles. The third kappa shape index (κ3) is 4.22. The summed E-state index contributed by atoms with van der Waals surface area (Å²) >= 11 is 0. The first kappa shape index (κ1) is 18.2. The molecule has 0 fully saturated rings. The first-order valence-electron chi connectivity index (χ1n) is 9.00. The van der Waals surface area contributed by atoms with Crippen molar-refractivity contribution in [3.63, 3.8) is 0 Å². The molecule has 0 aliphatic heterocycles. The Morgan fingerprint density at radius 3 is 2.69 bits per heavy atom. The van der Waals surface area contributed by atoms with Gasteiger partial charge in [-0.25, -0.2) is 14.8 Å². The van der Waals surface area contributed by atoms with E-state index in [1.54, 1.807) is 35.1 Å². The van der Waals surface area contributed by atoms with Gasteiger partial charge in [0.1, 0.15) is 11.6 Å². The van der Waals surface area contributed by atoms with Crippen molar-refractivity contribution in [1.82, 2.24) is 19.7 Å². The number of nitrogens with one attached hydrogen (secondary N) is 1. The predicted octanol–water partition coefficient (Wildman–Crippen LogP) is 5.37. The largest absolute Gasteiger partial charge is 0.439 e. The molecule has 142 valence electrons. The molecule has 0 unspecified atom stereocenters. The van der Waals surface area contributed by atoms with Gasteiger partial charge in [0.2, 0.25) is 5.88 Å². The van der Waals surface area contributed by atoms with Gasteiger partial charge in [-0.15, -0.1) is 0 Å². The lowest BCUT2D eigenvalue weighted by Gasteiger charge is -2.10. The number of nitrogens with zero attached hydrogens (tertiary/aromatic N) is 5. The second kappa shape index (κ2) is 7.82. The molecular weight excluding hydrogens is 364 g/mol. The van der Waals surface area contributed by atoms with Crippen LogP contribution < -0.4 is 10.1 Å². The Labute approximate surface area is 168 Å². The van der Waals surface area contributed by atoms with Crippen LogP contribution in [-0.4, -0.2) is 19.7 Å². The van der Waals surface area contributed by atoms with Crippen molar-refractivity contribution in [2.24, 2.45) is 0 Å². The van der Waals surface area contributed by atoms with Crippen LogP contribution in [0, 0.1) is 20.4 Å². The Bertz CT molecular complexity index is 1210. The summed E-state index contributed by atoms with van der Waals surface area (Å²) in [7, 11) is 0. The lowest BCUT2D eigenvalue weighted by Crippen LogP contribution is -2.03. The lowest BCUT2D eigenvalue weighted by molar-refractivity contribution is 0.442. The molecule has 0 radical (unpaired) electrons. The third-order valence-corrected chi connectivity index (χ3v) is 4.09. The average molecular weight is 382 g/mol. The number of aryl methyl sites for hydroxylation is 2. The summed E-state index contributed by atoms with van der Waals surface area (Å²) in [5.41, 5.74) is 3.07. The maximum atomic E-state index is 7.13. The van der Waals surface area contributed by atoms with E-state index in [0.717, 1.165) is 17.1 Å². The number of rotatable bonds is 5. The first-order chi connectivity index (χ1) is 14.1. The molecule has 0 aliphatic carbocycles. The van der Waals surface area contributed by atoms with Crippen molar-refractivity contribution in [1.29, 1.82) is 0 Å². The van der Waals surface area contributed by atoms with Crippen LogP contribution in [0.15, 0.2) is 66.9 Å². The minimum absolute atomic E-state index is 0.562. The van der Waals surface area contributed by atoms with Crippen LogP contribution in [0.25, 0.3) is 10.7 Å². The van der Waals surface area contributed by atoms with Crippen LogP contribution in [0.5, 0.6) is 11.6 Å². The Kier molecular flexibility index (Phi) is 4.91. The molecule has 4 aromatic rings. The third-order valence-electron chi connectivity index (χ3n) is 4.09. The zero-order chi connectivity index (χ0) is 20.2. The summed E-state index contributed by atoms with van der Waals surface area (Å²) in [6.07, 6.45) is 1.66. The van der Waals surface area contributed by atoms with Crippen molar-refractivity contribution in [3.05, 3.63) is 89.7 Å². The van der Waals surface area contributed by atoms with E-state index < -0.39 is 0 Å². The van der Waals surface area contributed by atoms with E-state index in [1.807, 2.05) is 50.2 Å². The van der Waals surface area contributed by atoms with Gasteiger partial charge in [0.15, 0.2) is 11.5 Å². The summed E-state index contributed by atoms with van der Waals surface area (Å²) in [6.45, 7) is 11.0. The van der Waals surface area contributed by atoms with Gasteiger partial charge in [0.25, 0.3) is 0 Å². The minimum atomic E-state index is 0.562. The number of hydrogen-bond acceptors (Lipinski definition) is 5. The highest BCUT2D eigenvalue weighted by atomic mass is 16.5. The smallest absolute Gasteiger partial charge is 0.224 e. The number of hydrogen-bond donors (Lipinski definition) is 1. The number of aromatic nitrogens is 4. The summed E-state index contributed by atoms with van der Waals surface area (Å²) in [5.74, 6) is 2.47. The van der Waals surface area contributed by atoms with E-state index in [9.17, 15) is 0 Å². The number of benzene rings is 1. The lowest BCUT2D eigenvalue weighted by atomic mass is 10.3. The number of anilines is 2. The summed E-state index contributed by atoms with van der Waals surface area (Å²) in [4.78, 5) is 12.3. The van der Waals surface area contributed by atoms with Crippen LogP contribution >= 0.6 is 0 Å². The maximum absolute atomic E-state index is 7.13. The molecule has 3 aromatic heterocycles. The van der Waals surface area contributed by atoms with Gasteiger partial charge in [-0.2, -0.15) is 9.78 Å². The monoisotopic (exact) mass is 382 g/mol. The molecule has 0 aliphatic rings. The Balaban J connectivity index is 1.60.